The van der Waals surface area contributed by atoms with Gasteiger partial charge in [-0.25, -0.2) is 0 Å². The van der Waals surface area contributed by atoms with Crippen LogP contribution in [-0.4, -0.2) is 63.7 Å². The summed E-state index contributed by atoms with van der Waals surface area (Å²) in [6.45, 7) is 1.59. The first-order valence-corrected chi connectivity index (χ1v) is 8.01. The number of unbranched alkanes of at least 4 members (excludes halogenated alkanes) is 5. The summed E-state index contributed by atoms with van der Waals surface area (Å²) in [5, 5.41) is 38.0. The number of ether oxygens (including phenoxy) is 2. The standard InChI is InChI=1S/C15H28O7/c1-2-3-4-5-6-7-8-11(17)22-15-14(20)13(19)12(18)10(9-16)21-15/h10,12-16,18-20H,2-9H2,1H3/t10-,12-,13+,14-,15-/m1/s1. The van der Waals surface area contributed by atoms with Crippen LogP contribution in [0.5, 0.6) is 0 Å². The minimum Gasteiger partial charge on any atom is -0.433 e. The van der Waals surface area contributed by atoms with Gasteiger partial charge in [0.05, 0.1) is 6.61 Å². The van der Waals surface area contributed by atoms with E-state index >= 15 is 0 Å². The summed E-state index contributed by atoms with van der Waals surface area (Å²) in [5.74, 6) is -0.528. The molecule has 1 fully saturated rings. The fourth-order valence-electron chi connectivity index (χ4n) is 2.40. The van der Waals surface area contributed by atoms with E-state index in [4.69, 9.17) is 14.6 Å². The minimum absolute atomic E-state index is 0.209. The van der Waals surface area contributed by atoms with Crippen LogP contribution in [0.3, 0.4) is 0 Å². The number of rotatable bonds is 9. The van der Waals surface area contributed by atoms with Crippen molar-refractivity contribution in [3.63, 3.8) is 0 Å². The Labute approximate surface area is 130 Å². The highest BCUT2D eigenvalue weighted by Crippen LogP contribution is 2.22. The topological polar surface area (TPSA) is 116 Å². The summed E-state index contributed by atoms with van der Waals surface area (Å²) < 4.78 is 10.1. The van der Waals surface area contributed by atoms with Crippen molar-refractivity contribution in [3.8, 4) is 0 Å². The maximum atomic E-state index is 11.7. The molecule has 0 unspecified atom stereocenters. The summed E-state index contributed by atoms with van der Waals surface area (Å²) in [7, 11) is 0. The molecule has 1 saturated heterocycles. The fraction of sp³-hybridized carbons (Fsp3) is 0.933. The van der Waals surface area contributed by atoms with Crippen molar-refractivity contribution >= 4 is 5.97 Å². The summed E-state index contributed by atoms with van der Waals surface area (Å²) in [6.07, 6.45) is -0.537. The molecule has 0 bridgehead atoms. The first-order valence-electron chi connectivity index (χ1n) is 8.01. The van der Waals surface area contributed by atoms with Gasteiger partial charge in [0.1, 0.15) is 24.4 Å². The van der Waals surface area contributed by atoms with Gasteiger partial charge in [-0.05, 0) is 6.42 Å². The van der Waals surface area contributed by atoms with Gasteiger partial charge < -0.3 is 29.9 Å². The molecule has 0 aromatic carbocycles. The molecular weight excluding hydrogens is 292 g/mol. The normalized spacial score (nSPS) is 32.0. The van der Waals surface area contributed by atoms with Gasteiger partial charge in [0, 0.05) is 6.42 Å². The molecule has 0 aromatic heterocycles. The zero-order valence-electron chi connectivity index (χ0n) is 13.1. The molecule has 4 N–H and O–H groups in total. The first kappa shape index (κ1) is 19.3. The Balaban J connectivity index is 2.30. The molecule has 7 nitrogen and oxygen atoms in total. The van der Waals surface area contributed by atoms with Gasteiger partial charge >= 0.3 is 5.97 Å². The van der Waals surface area contributed by atoms with Crippen LogP contribution in [0.4, 0.5) is 0 Å². The zero-order valence-corrected chi connectivity index (χ0v) is 13.1. The first-order chi connectivity index (χ1) is 10.5. The lowest BCUT2D eigenvalue weighted by Gasteiger charge is -2.39. The number of aliphatic hydroxyl groups is 4. The third-order valence-corrected chi connectivity index (χ3v) is 3.83. The number of hydrogen-bond donors (Lipinski definition) is 4. The lowest BCUT2D eigenvalue weighted by Crippen LogP contribution is -2.59. The Morgan fingerprint density at radius 3 is 2.27 bits per heavy atom. The maximum absolute atomic E-state index is 11.7. The van der Waals surface area contributed by atoms with Gasteiger partial charge in [0.2, 0.25) is 6.29 Å². The minimum atomic E-state index is -1.54. The second-order valence-electron chi connectivity index (χ2n) is 5.70. The van der Waals surface area contributed by atoms with Crippen molar-refractivity contribution in [2.75, 3.05) is 6.61 Å². The third kappa shape index (κ3) is 5.81. The predicted octanol–water partition coefficient (Wildman–Crippen LogP) is 0.0801. The van der Waals surface area contributed by atoms with Crippen LogP contribution >= 0.6 is 0 Å². The van der Waals surface area contributed by atoms with Crippen LogP contribution in [0.15, 0.2) is 0 Å². The van der Waals surface area contributed by atoms with E-state index in [9.17, 15) is 20.1 Å². The van der Waals surface area contributed by atoms with Crippen LogP contribution in [0.1, 0.15) is 51.9 Å². The highest BCUT2D eigenvalue weighted by atomic mass is 16.7. The average Bonchev–Trinajstić information content (AvgIpc) is 2.51. The molecule has 5 atom stereocenters. The predicted molar refractivity (Wildman–Crippen MR) is 77.9 cm³/mol. The lowest BCUT2D eigenvalue weighted by molar-refractivity contribution is -0.292. The molecule has 22 heavy (non-hydrogen) atoms. The van der Waals surface area contributed by atoms with E-state index in [1.54, 1.807) is 0 Å². The smallest absolute Gasteiger partial charge is 0.308 e. The Bertz CT molecular complexity index is 321. The maximum Gasteiger partial charge on any atom is 0.308 e. The van der Waals surface area contributed by atoms with Gasteiger partial charge in [-0.1, -0.05) is 39.0 Å². The van der Waals surface area contributed by atoms with Crippen molar-refractivity contribution in [3.05, 3.63) is 0 Å². The van der Waals surface area contributed by atoms with E-state index in [1.165, 1.54) is 12.8 Å². The monoisotopic (exact) mass is 320 g/mol. The van der Waals surface area contributed by atoms with Crippen LogP contribution in [0, 0.1) is 0 Å². The van der Waals surface area contributed by atoms with Crippen LogP contribution < -0.4 is 0 Å². The van der Waals surface area contributed by atoms with Crippen molar-refractivity contribution in [1.29, 1.82) is 0 Å². The van der Waals surface area contributed by atoms with Crippen LogP contribution in [0.2, 0.25) is 0 Å². The molecule has 130 valence electrons. The van der Waals surface area contributed by atoms with Gasteiger partial charge in [-0.15, -0.1) is 0 Å². The van der Waals surface area contributed by atoms with E-state index in [0.29, 0.717) is 6.42 Å². The molecule has 0 radical (unpaired) electrons. The summed E-state index contributed by atoms with van der Waals surface area (Å²) >= 11 is 0. The Kier molecular flexibility index (Phi) is 8.89. The van der Waals surface area contributed by atoms with E-state index < -0.39 is 43.3 Å². The van der Waals surface area contributed by atoms with E-state index in [0.717, 1.165) is 19.3 Å². The SMILES string of the molecule is CCCCCCCCC(=O)O[C@H]1O[C@H](CO)[C@@H](O)[C@H](O)[C@H]1O. The second-order valence-corrected chi connectivity index (χ2v) is 5.70. The number of esters is 1. The zero-order chi connectivity index (χ0) is 16.5. The molecule has 1 rings (SSSR count). The molecule has 7 heteroatoms. The van der Waals surface area contributed by atoms with E-state index in [2.05, 4.69) is 6.92 Å². The summed E-state index contributed by atoms with van der Waals surface area (Å²) in [5.41, 5.74) is 0. The largest absolute Gasteiger partial charge is 0.433 e. The summed E-state index contributed by atoms with van der Waals surface area (Å²) in [4.78, 5) is 11.7. The van der Waals surface area contributed by atoms with Crippen molar-refractivity contribution in [1.82, 2.24) is 0 Å². The van der Waals surface area contributed by atoms with Crippen molar-refractivity contribution < 1.29 is 34.7 Å². The van der Waals surface area contributed by atoms with Crippen LogP contribution in [0.25, 0.3) is 0 Å². The average molecular weight is 320 g/mol. The second kappa shape index (κ2) is 10.1. The Morgan fingerprint density at radius 2 is 1.64 bits per heavy atom. The highest BCUT2D eigenvalue weighted by molar-refractivity contribution is 5.69. The van der Waals surface area contributed by atoms with Crippen LogP contribution in [-0.2, 0) is 14.3 Å². The van der Waals surface area contributed by atoms with Crippen molar-refractivity contribution in [2.24, 2.45) is 0 Å². The quantitative estimate of drug-likeness (QED) is 0.351. The van der Waals surface area contributed by atoms with Gasteiger partial charge in [-0.2, -0.15) is 0 Å². The molecule has 1 aliphatic rings. The van der Waals surface area contributed by atoms with Crippen molar-refractivity contribution in [2.45, 2.75) is 82.6 Å². The molecule has 1 aliphatic heterocycles. The third-order valence-electron chi connectivity index (χ3n) is 3.83. The number of carbonyl (C=O) groups excluding carboxylic acids is 1. The molecule has 0 aliphatic carbocycles. The molecular formula is C15H28O7. The number of hydrogen-bond acceptors (Lipinski definition) is 7. The Hall–Kier alpha value is -0.730. The number of aliphatic hydroxyl groups excluding tert-OH is 4. The molecule has 0 aromatic rings. The fourth-order valence-corrected chi connectivity index (χ4v) is 2.40. The lowest BCUT2D eigenvalue weighted by atomic mass is 9.99. The molecule has 0 amide bonds. The highest BCUT2D eigenvalue weighted by Gasteiger charge is 2.45. The van der Waals surface area contributed by atoms with E-state index in [-0.39, 0.29) is 6.42 Å². The van der Waals surface area contributed by atoms with Gasteiger partial charge in [0.25, 0.3) is 0 Å². The van der Waals surface area contributed by atoms with Gasteiger partial charge in [-0.3, -0.25) is 4.79 Å². The molecule has 0 saturated carbocycles. The molecule has 1 heterocycles. The Morgan fingerprint density at radius 1 is 1.00 bits per heavy atom. The van der Waals surface area contributed by atoms with Gasteiger partial charge in [0.15, 0.2) is 0 Å². The molecule has 0 spiro atoms. The number of carbonyl (C=O) groups is 1. The summed E-state index contributed by atoms with van der Waals surface area (Å²) in [6, 6.07) is 0. The van der Waals surface area contributed by atoms with E-state index in [1.807, 2.05) is 0 Å².